The second kappa shape index (κ2) is 4.63. The molecule has 0 unspecified atom stereocenters. The SMILES string of the molecule is O=C(/C=C/c1cccs1)N1CC[C@H]2CNC[C@H]21. The van der Waals surface area contributed by atoms with Gasteiger partial charge in [0.2, 0.25) is 5.91 Å². The standard InChI is InChI=1S/C13H16N2OS/c16-13(4-3-11-2-1-7-17-11)15-6-5-10-8-14-9-12(10)15/h1-4,7,10,12,14H,5-6,8-9H2/b4-3+/t10-,12+/m0/s1. The number of hydrogen-bond donors (Lipinski definition) is 1. The Bertz CT molecular complexity index is 427. The number of fused-ring (bicyclic) bond motifs is 1. The molecular formula is C13H16N2OS. The summed E-state index contributed by atoms with van der Waals surface area (Å²) in [5.41, 5.74) is 0. The minimum Gasteiger partial charge on any atom is -0.335 e. The predicted octanol–water partition coefficient (Wildman–Crippen LogP) is 1.58. The summed E-state index contributed by atoms with van der Waals surface area (Å²) in [6, 6.07) is 4.45. The second-order valence-electron chi connectivity index (χ2n) is 4.65. The lowest BCUT2D eigenvalue weighted by atomic mass is 10.1. The average Bonchev–Trinajstić information content (AvgIpc) is 3.02. The summed E-state index contributed by atoms with van der Waals surface area (Å²) in [6.07, 6.45) is 4.78. The van der Waals surface area contributed by atoms with E-state index in [1.165, 1.54) is 0 Å². The Morgan fingerprint density at radius 3 is 3.29 bits per heavy atom. The molecule has 1 aromatic rings. The molecule has 2 aliphatic heterocycles. The van der Waals surface area contributed by atoms with E-state index in [1.807, 2.05) is 28.5 Å². The molecule has 3 heterocycles. The summed E-state index contributed by atoms with van der Waals surface area (Å²) in [4.78, 5) is 15.3. The summed E-state index contributed by atoms with van der Waals surface area (Å²) >= 11 is 1.66. The fourth-order valence-corrected chi connectivity index (χ4v) is 3.38. The lowest BCUT2D eigenvalue weighted by Gasteiger charge is -2.21. The minimum absolute atomic E-state index is 0.162. The van der Waals surface area contributed by atoms with E-state index in [0.29, 0.717) is 12.0 Å². The highest BCUT2D eigenvalue weighted by Gasteiger charge is 2.38. The number of amides is 1. The van der Waals surface area contributed by atoms with Gasteiger partial charge in [-0.25, -0.2) is 0 Å². The molecule has 1 N–H and O–H groups in total. The molecule has 90 valence electrons. The topological polar surface area (TPSA) is 32.3 Å². The first-order chi connectivity index (χ1) is 8.34. The van der Waals surface area contributed by atoms with Crippen LogP contribution >= 0.6 is 11.3 Å². The number of thiophene rings is 1. The van der Waals surface area contributed by atoms with E-state index in [9.17, 15) is 4.79 Å². The Kier molecular flexibility index (Phi) is 2.99. The van der Waals surface area contributed by atoms with Crippen LogP contribution in [-0.2, 0) is 4.79 Å². The molecule has 2 saturated heterocycles. The zero-order valence-electron chi connectivity index (χ0n) is 9.63. The van der Waals surface area contributed by atoms with E-state index in [4.69, 9.17) is 0 Å². The normalized spacial score (nSPS) is 27.9. The van der Waals surface area contributed by atoms with Gasteiger partial charge in [-0.2, -0.15) is 0 Å². The zero-order chi connectivity index (χ0) is 11.7. The van der Waals surface area contributed by atoms with Gasteiger partial charge in [0.25, 0.3) is 0 Å². The highest BCUT2D eigenvalue weighted by molar-refractivity contribution is 7.10. The first-order valence-electron chi connectivity index (χ1n) is 6.07. The molecule has 0 aliphatic carbocycles. The monoisotopic (exact) mass is 248 g/mol. The Morgan fingerprint density at radius 2 is 2.47 bits per heavy atom. The Balaban J connectivity index is 1.66. The van der Waals surface area contributed by atoms with Crippen molar-refractivity contribution in [2.75, 3.05) is 19.6 Å². The van der Waals surface area contributed by atoms with Gasteiger partial charge in [0.1, 0.15) is 0 Å². The third kappa shape index (κ3) is 2.15. The first-order valence-corrected chi connectivity index (χ1v) is 6.95. The third-order valence-corrected chi connectivity index (χ3v) is 4.50. The summed E-state index contributed by atoms with van der Waals surface area (Å²) in [5, 5.41) is 5.39. The van der Waals surface area contributed by atoms with Gasteiger partial charge < -0.3 is 10.2 Å². The van der Waals surface area contributed by atoms with Gasteiger partial charge in [-0.1, -0.05) is 6.07 Å². The maximum Gasteiger partial charge on any atom is 0.246 e. The summed E-state index contributed by atoms with van der Waals surface area (Å²) < 4.78 is 0. The Morgan fingerprint density at radius 1 is 1.53 bits per heavy atom. The molecule has 0 spiro atoms. The van der Waals surface area contributed by atoms with Crippen molar-refractivity contribution < 1.29 is 4.79 Å². The van der Waals surface area contributed by atoms with Crippen LogP contribution in [0.15, 0.2) is 23.6 Å². The summed E-state index contributed by atoms with van der Waals surface area (Å²) in [6.45, 7) is 2.96. The maximum atomic E-state index is 12.1. The van der Waals surface area contributed by atoms with Gasteiger partial charge >= 0.3 is 0 Å². The van der Waals surface area contributed by atoms with Gasteiger partial charge in [0.05, 0.1) is 0 Å². The fraction of sp³-hybridized carbons (Fsp3) is 0.462. The van der Waals surface area contributed by atoms with Crippen LogP contribution in [0.1, 0.15) is 11.3 Å². The van der Waals surface area contributed by atoms with Crippen LogP contribution in [0.25, 0.3) is 6.08 Å². The van der Waals surface area contributed by atoms with Gasteiger partial charge in [0.15, 0.2) is 0 Å². The molecule has 2 aliphatic rings. The van der Waals surface area contributed by atoms with Crippen molar-refractivity contribution in [2.45, 2.75) is 12.5 Å². The van der Waals surface area contributed by atoms with Gasteiger partial charge in [-0.05, 0) is 29.9 Å². The van der Waals surface area contributed by atoms with Crippen LogP contribution in [0.3, 0.4) is 0 Å². The summed E-state index contributed by atoms with van der Waals surface area (Å²) in [7, 11) is 0. The molecule has 2 fully saturated rings. The van der Waals surface area contributed by atoms with Crippen molar-refractivity contribution in [2.24, 2.45) is 5.92 Å². The van der Waals surface area contributed by atoms with Crippen molar-refractivity contribution in [1.29, 1.82) is 0 Å². The molecule has 1 amide bonds. The Labute approximate surface area is 105 Å². The second-order valence-corrected chi connectivity index (χ2v) is 5.63. The van der Waals surface area contributed by atoms with E-state index in [-0.39, 0.29) is 5.91 Å². The highest BCUT2D eigenvalue weighted by atomic mass is 32.1. The van der Waals surface area contributed by atoms with E-state index >= 15 is 0 Å². The van der Waals surface area contributed by atoms with Crippen LogP contribution in [-0.4, -0.2) is 36.5 Å². The number of rotatable bonds is 2. The number of carbonyl (C=O) groups is 1. The highest BCUT2D eigenvalue weighted by Crippen LogP contribution is 2.27. The fourth-order valence-electron chi connectivity index (χ4n) is 2.76. The largest absolute Gasteiger partial charge is 0.335 e. The third-order valence-electron chi connectivity index (χ3n) is 3.66. The van der Waals surface area contributed by atoms with Crippen molar-refractivity contribution in [3.8, 4) is 0 Å². The molecule has 0 saturated carbocycles. The molecule has 0 radical (unpaired) electrons. The van der Waals surface area contributed by atoms with Gasteiger partial charge in [0, 0.05) is 36.6 Å². The smallest absolute Gasteiger partial charge is 0.246 e. The van der Waals surface area contributed by atoms with E-state index in [1.54, 1.807) is 17.4 Å². The Hall–Kier alpha value is -1.13. The molecule has 2 atom stereocenters. The van der Waals surface area contributed by atoms with Crippen molar-refractivity contribution in [3.63, 3.8) is 0 Å². The van der Waals surface area contributed by atoms with Crippen LogP contribution in [0, 0.1) is 5.92 Å². The molecule has 0 bridgehead atoms. The average molecular weight is 248 g/mol. The summed E-state index contributed by atoms with van der Waals surface area (Å²) in [5.74, 6) is 0.837. The maximum absolute atomic E-state index is 12.1. The molecule has 17 heavy (non-hydrogen) atoms. The number of nitrogens with zero attached hydrogens (tertiary/aromatic N) is 1. The molecule has 4 heteroatoms. The van der Waals surface area contributed by atoms with Gasteiger partial charge in [-0.3, -0.25) is 4.79 Å². The minimum atomic E-state index is 0.162. The van der Waals surface area contributed by atoms with Crippen LogP contribution < -0.4 is 5.32 Å². The lowest BCUT2D eigenvalue weighted by Crippen LogP contribution is -2.38. The molecule has 0 aromatic carbocycles. The lowest BCUT2D eigenvalue weighted by molar-refractivity contribution is -0.126. The van der Waals surface area contributed by atoms with Crippen LogP contribution in [0.4, 0.5) is 0 Å². The van der Waals surface area contributed by atoms with Crippen molar-refractivity contribution in [3.05, 3.63) is 28.5 Å². The van der Waals surface area contributed by atoms with E-state index in [0.717, 1.165) is 30.9 Å². The molecule has 1 aromatic heterocycles. The zero-order valence-corrected chi connectivity index (χ0v) is 10.5. The molecule has 3 rings (SSSR count). The number of hydrogen-bond acceptors (Lipinski definition) is 3. The van der Waals surface area contributed by atoms with Crippen molar-refractivity contribution >= 4 is 23.3 Å². The van der Waals surface area contributed by atoms with E-state index in [2.05, 4.69) is 5.32 Å². The molecule has 3 nitrogen and oxygen atoms in total. The van der Waals surface area contributed by atoms with Gasteiger partial charge in [-0.15, -0.1) is 11.3 Å². The number of carbonyl (C=O) groups excluding carboxylic acids is 1. The quantitative estimate of drug-likeness (QED) is 0.806. The predicted molar refractivity (Wildman–Crippen MR) is 69.8 cm³/mol. The van der Waals surface area contributed by atoms with Crippen molar-refractivity contribution in [1.82, 2.24) is 10.2 Å². The number of likely N-dealkylation sites (tertiary alicyclic amines) is 1. The van der Waals surface area contributed by atoms with Crippen LogP contribution in [0.2, 0.25) is 0 Å². The molecular weight excluding hydrogens is 232 g/mol. The van der Waals surface area contributed by atoms with E-state index < -0.39 is 0 Å². The van der Waals surface area contributed by atoms with Crippen LogP contribution in [0.5, 0.6) is 0 Å². The number of nitrogens with one attached hydrogen (secondary N) is 1. The first kappa shape index (κ1) is 11.0.